The Labute approximate surface area is 86.7 Å². The summed E-state index contributed by atoms with van der Waals surface area (Å²) in [6.07, 6.45) is 3.19. The van der Waals surface area contributed by atoms with Crippen molar-refractivity contribution in [1.29, 1.82) is 0 Å². The van der Waals surface area contributed by atoms with E-state index in [1.54, 1.807) is 6.20 Å². The van der Waals surface area contributed by atoms with Gasteiger partial charge in [-0.1, -0.05) is 0 Å². The topological polar surface area (TPSA) is 17.3 Å². The lowest BCUT2D eigenvalue weighted by molar-refractivity contribution is 0.477. The van der Waals surface area contributed by atoms with Crippen molar-refractivity contribution in [2.24, 2.45) is 0 Å². The SMILES string of the molecule is FCc1cn2cc(I)cc(F)c2n1. The van der Waals surface area contributed by atoms with Crippen LogP contribution in [0, 0.1) is 9.39 Å². The third-order valence-corrected chi connectivity index (χ3v) is 2.25. The number of pyridine rings is 1. The maximum Gasteiger partial charge on any atom is 0.173 e. The largest absolute Gasteiger partial charge is 0.303 e. The average Bonchev–Trinajstić information content (AvgIpc) is 2.47. The summed E-state index contributed by atoms with van der Waals surface area (Å²) in [6.45, 7) is -0.669. The van der Waals surface area contributed by atoms with E-state index in [9.17, 15) is 8.78 Å². The van der Waals surface area contributed by atoms with E-state index in [-0.39, 0.29) is 11.3 Å². The van der Waals surface area contributed by atoms with Gasteiger partial charge < -0.3 is 4.40 Å². The molecule has 0 aliphatic carbocycles. The van der Waals surface area contributed by atoms with Crippen molar-refractivity contribution in [2.75, 3.05) is 0 Å². The predicted molar refractivity (Wildman–Crippen MR) is 52.7 cm³/mol. The van der Waals surface area contributed by atoms with Gasteiger partial charge in [-0.2, -0.15) is 0 Å². The summed E-state index contributed by atoms with van der Waals surface area (Å²) in [5, 5.41) is 0. The molecule has 0 spiro atoms. The molecule has 0 aliphatic heterocycles. The summed E-state index contributed by atoms with van der Waals surface area (Å²) < 4.78 is 27.6. The monoisotopic (exact) mass is 294 g/mol. The summed E-state index contributed by atoms with van der Waals surface area (Å²) in [7, 11) is 0. The Balaban J connectivity index is 2.75. The highest BCUT2D eigenvalue weighted by Crippen LogP contribution is 2.14. The van der Waals surface area contributed by atoms with E-state index in [4.69, 9.17) is 0 Å². The second-order valence-corrected chi connectivity index (χ2v) is 3.85. The minimum Gasteiger partial charge on any atom is -0.303 e. The molecule has 5 heteroatoms. The van der Waals surface area contributed by atoms with Crippen molar-refractivity contribution < 1.29 is 8.78 Å². The van der Waals surface area contributed by atoms with Gasteiger partial charge in [0.25, 0.3) is 0 Å². The number of nitrogens with zero attached hydrogens (tertiary/aromatic N) is 2. The minimum absolute atomic E-state index is 0.174. The lowest BCUT2D eigenvalue weighted by Crippen LogP contribution is -1.88. The molecule has 0 atom stereocenters. The van der Waals surface area contributed by atoms with Crippen LogP contribution in [0.25, 0.3) is 5.65 Å². The van der Waals surface area contributed by atoms with Gasteiger partial charge in [0.2, 0.25) is 0 Å². The second-order valence-electron chi connectivity index (χ2n) is 2.60. The van der Waals surface area contributed by atoms with Crippen molar-refractivity contribution in [3.05, 3.63) is 33.5 Å². The van der Waals surface area contributed by atoms with Gasteiger partial charge in [0, 0.05) is 16.0 Å². The van der Waals surface area contributed by atoms with Crippen molar-refractivity contribution >= 4 is 28.2 Å². The first-order valence-corrected chi connectivity index (χ1v) is 4.67. The minimum atomic E-state index is -0.669. The van der Waals surface area contributed by atoms with Crippen LogP contribution >= 0.6 is 22.6 Å². The van der Waals surface area contributed by atoms with Gasteiger partial charge in [-0.05, 0) is 28.7 Å². The average molecular weight is 294 g/mol. The van der Waals surface area contributed by atoms with Crippen LogP contribution in [0.15, 0.2) is 18.5 Å². The number of hydrogen-bond acceptors (Lipinski definition) is 1. The fourth-order valence-electron chi connectivity index (χ4n) is 1.14. The molecular weight excluding hydrogens is 289 g/mol. The van der Waals surface area contributed by atoms with Gasteiger partial charge >= 0.3 is 0 Å². The van der Waals surface area contributed by atoms with E-state index in [0.717, 1.165) is 3.57 Å². The molecule has 2 aromatic rings. The second kappa shape index (κ2) is 3.21. The van der Waals surface area contributed by atoms with Gasteiger partial charge in [-0.15, -0.1) is 0 Å². The van der Waals surface area contributed by atoms with Crippen molar-refractivity contribution in [3.63, 3.8) is 0 Å². The number of halogens is 3. The molecule has 0 aromatic carbocycles. The molecule has 2 aromatic heterocycles. The smallest absolute Gasteiger partial charge is 0.173 e. The highest BCUT2D eigenvalue weighted by molar-refractivity contribution is 14.1. The summed E-state index contributed by atoms with van der Waals surface area (Å²) in [4.78, 5) is 3.78. The van der Waals surface area contributed by atoms with Crippen molar-refractivity contribution in [2.45, 2.75) is 6.67 Å². The third-order valence-electron chi connectivity index (χ3n) is 1.66. The Morgan fingerprint density at radius 1 is 1.46 bits per heavy atom. The van der Waals surface area contributed by atoms with Crippen LogP contribution in [0.2, 0.25) is 0 Å². The first-order chi connectivity index (χ1) is 6.20. The van der Waals surface area contributed by atoms with E-state index in [0.29, 0.717) is 0 Å². The highest BCUT2D eigenvalue weighted by Gasteiger charge is 2.06. The molecule has 13 heavy (non-hydrogen) atoms. The van der Waals surface area contributed by atoms with Gasteiger partial charge in [0.1, 0.15) is 6.67 Å². The van der Waals surface area contributed by atoms with Crippen LogP contribution in [-0.4, -0.2) is 9.38 Å². The molecular formula is C8H5F2IN2. The molecule has 0 unspecified atom stereocenters. The zero-order valence-electron chi connectivity index (χ0n) is 6.47. The molecule has 0 N–H and O–H groups in total. The maximum atomic E-state index is 13.2. The maximum absolute atomic E-state index is 13.2. The molecule has 2 heterocycles. The van der Waals surface area contributed by atoms with Crippen LogP contribution in [0.1, 0.15) is 5.69 Å². The first-order valence-electron chi connectivity index (χ1n) is 3.59. The number of fused-ring (bicyclic) bond motifs is 1. The quantitative estimate of drug-likeness (QED) is 0.739. The Morgan fingerprint density at radius 2 is 2.23 bits per heavy atom. The Kier molecular flexibility index (Phi) is 2.19. The fourth-order valence-corrected chi connectivity index (χ4v) is 1.71. The zero-order valence-corrected chi connectivity index (χ0v) is 8.62. The molecule has 2 nitrogen and oxygen atoms in total. The van der Waals surface area contributed by atoms with Crippen LogP contribution in [-0.2, 0) is 6.67 Å². The molecule has 0 radical (unpaired) electrons. The Bertz CT molecular complexity index is 453. The summed E-state index contributed by atoms with van der Waals surface area (Å²) >= 11 is 1.99. The molecule has 0 amide bonds. The van der Waals surface area contributed by atoms with Crippen LogP contribution in [0.3, 0.4) is 0 Å². The molecule has 0 fully saturated rings. The van der Waals surface area contributed by atoms with Gasteiger partial charge in [0.05, 0.1) is 5.69 Å². The van der Waals surface area contributed by atoms with E-state index in [1.165, 1.54) is 16.7 Å². The lowest BCUT2D eigenvalue weighted by Gasteiger charge is -1.95. The van der Waals surface area contributed by atoms with E-state index in [1.807, 2.05) is 22.6 Å². The van der Waals surface area contributed by atoms with Gasteiger partial charge in [-0.25, -0.2) is 13.8 Å². The number of aromatic nitrogens is 2. The summed E-state index contributed by atoms with van der Waals surface area (Å²) in [6, 6.07) is 1.37. The van der Waals surface area contributed by atoms with Crippen molar-refractivity contribution in [1.82, 2.24) is 9.38 Å². The van der Waals surface area contributed by atoms with Gasteiger partial charge in [-0.3, -0.25) is 0 Å². The number of imidazole rings is 1. The predicted octanol–water partition coefficient (Wildman–Crippen LogP) is 2.55. The van der Waals surface area contributed by atoms with Crippen molar-refractivity contribution in [3.8, 4) is 0 Å². The number of alkyl halides is 1. The van der Waals surface area contributed by atoms with Crippen LogP contribution in [0.5, 0.6) is 0 Å². The van der Waals surface area contributed by atoms with E-state index >= 15 is 0 Å². The van der Waals surface area contributed by atoms with E-state index in [2.05, 4.69) is 4.98 Å². The fraction of sp³-hybridized carbons (Fsp3) is 0.125. The normalized spacial score (nSPS) is 11.0. The van der Waals surface area contributed by atoms with Crippen LogP contribution in [0.4, 0.5) is 8.78 Å². The Morgan fingerprint density at radius 3 is 2.92 bits per heavy atom. The Hall–Kier alpha value is -0.720. The first kappa shape index (κ1) is 8.86. The summed E-state index contributed by atoms with van der Waals surface area (Å²) in [5.41, 5.74) is 0.425. The highest BCUT2D eigenvalue weighted by atomic mass is 127. The number of hydrogen-bond donors (Lipinski definition) is 0. The number of rotatable bonds is 1. The molecule has 68 valence electrons. The van der Waals surface area contributed by atoms with Crippen LogP contribution < -0.4 is 0 Å². The molecule has 0 bridgehead atoms. The van der Waals surface area contributed by atoms with E-state index < -0.39 is 12.5 Å². The molecule has 0 aliphatic rings. The molecule has 0 saturated heterocycles. The van der Waals surface area contributed by atoms with Gasteiger partial charge in [0.15, 0.2) is 11.5 Å². The standard InChI is InChI=1S/C8H5F2IN2/c9-2-6-4-13-3-5(11)1-7(10)8(13)12-6/h1,3-4H,2H2. The molecule has 2 rings (SSSR count). The molecule has 0 saturated carbocycles. The summed E-state index contributed by atoms with van der Waals surface area (Å²) in [5.74, 6) is -0.424. The zero-order chi connectivity index (χ0) is 9.42. The lowest BCUT2D eigenvalue weighted by atomic mass is 10.4. The third kappa shape index (κ3) is 1.52.